The van der Waals surface area contributed by atoms with E-state index in [4.69, 9.17) is 24.7 Å². The third-order valence-electron chi connectivity index (χ3n) is 4.98. The molecule has 13 heteroatoms. The fraction of sp³-hybridized carbons (Fsp3) is 0.828. The highest BCUT2D eigenvalue weighted by molar-refractivity contribution is 8.13. The monoisotopic (exact) mass is 618 g/mol. The van der Waals surface area contributed by atoms with Crippen molar-refractivity contribution in [2.75, 3.05) is 12.4 Å². The number of carbonyl (C=O) groups is 4. The molecular formula is C29H54N4O8S. The van der Waals surface area contributed by atoms with E-state index in [1.807, 2.05) is 0 Å². The Labute approximate surface area is 256 Å². The van der Waals surface area contributed by atoms with Crippen molar-refractivity contribution in [3.63, 3.8) is 0 Å². The number of guanidine groups is 1. The van der Waals surface area contributed by atoms with Crippen molar-refractivity contribution >= 4 is 41.2 Å². The van der Waals surface area contributed by atoms with Crippen LogP contribution in [-0.2, 0) is 23.7 Å². The van der Waals surface area contributed by atoms with Gasteiger partial charge in [0.25, 0.3) is 0 Å². The van der Waals surface area contributed by atoms with Gasteiger partial charge in [0.2, 0.25) is 5.96 Å². The summed E-state index contributed by atoms with van der Waals surface area (Å²) in [4.78, 5) is 51.2. The number of nitrogens with two attached hydrogens (primary N) is 1. The van der Waals surface area contributed by atoms with Gasteiger partial charge in [-0.1, -0.05) is 51.9 Å². The van der Waals surface area contributed by atoms with Crippen molar-refractivity contribution in [3.05, 3.63) is 0 Å². The van der Waals surface area contributed by atoms with Gasteiger partial charge >= 0.3 is 23.5 Å². The van der Waals surface area contributed by atoms with Crippen LogP contribution in [0.2, 0.25) is 0 Å². The van der Waals surface area contributed by atoms with E-state index in [-0.39, 0.29) is 12.4 Å². The Kier molecular flexibility index (Phi) is 17.6. The Morgan fingerprint density at radius 3 is 1.79 bits per heavy atom. The van der Waals surface area contributed by atoms with Gasteiger partial charge in [0.15, 0.2) is 6.04 Å². The highest BCUT2D eigenvalue weighted by Crippen LogP contribution is 2.21. The summed E-state index contributed by atoms with van der Waals surface area (Å²) in [5.41, 5.74) is 3.37. The van der Waals surface area contributed by atoms with E-state index in [1.54, 1.807) is 62.3 Å². The van der Waals surface area contributed by atoms with Gasteiger partial charge in [0.05, 0.1) is 6.61 Å². The average Bonchev–Trinajstić information content (AvgIpc) is 2.78. The minimum absolute atomic E-state index is 0.124. The van der Waals surface area contributed by atoms with E-state index in [0.29, 0.717) is 23.2 Å². The van der Waals surface area contributed by atoms with Crippen LogP contribution < -0.4 is 11.1 Å². The zero-order valence-electron chi connectivity index (χ0n) is 27.3. The number of hydrogen-bond donors (Lipinski definition) is 2. The zero-order valence-corrected chi connectivity index (χ0v) is 28.1. The molecule has 0 spiro atoms. The average molecular weight is 619 g/mol. The molecule has 0 bridgehead atoms. The summed E-state index contributed by atoms with van der Waals surface area (Å²) < 4.78 is 21.5. The van der Waals surface area contributed by atoms with Crippen LogP contribution in [0.25, 0.3) is 0 Å². The van der Waals surface area contributed by atoms with Crippen LogP contribution in [0, 0.1) is 0 Å². The van der Waals surface area contributed by atoms with Crippen LogP contribution in [0.3, 0.4) is 0 Å². The third kappa shape index (κ3) is 21.1. The highest BCUT2D eigenvalue weighted by atomic mass is 32.2. The molecule has 42 heavy (non-hydrogen) atoms. The first-order chi connectivity index (χ1) is 19.2. The quantitative estimate of drug-likeness (QED) is 0.0536. The van der Waals surface area contributed by atoms with Gasteiger partial charge in [-0.15, -0.1) is 5.10 Å². The molecular weight excluding hydrogens is 564 g/mol. The Bertz CT molecular complexity index is 892. The van der Waals surface area contributed by atoms with E-state index >= 15 is 0 Å². The molecule has 0 radical (unpaired) electrons. The molecule has 0 saturated heterocycles. The predicted molar refractivity (Wildman–Crippen MR) is 165 cm³/mol. The topological polar surface area (TPSA) is 159 Å². The number of esters is 1. The van der Waals surface area contributed by atoms with Gasteiger partial charge in [-0.3, -0.25) is 5.32 Å². The van der Waals surface area contributed by atoms with Crippen molar-refractivity contribution in [2.45, 2.75) is 143 Å². The lowest BCUT2D eigenvalue weighted by atomic mass is 10.1. The number of rotatable bonds is 14. The van der Waals surface area contributed by atoms with Crippen LogP contribution in [0.5, 0.6) is 0 Å². The Balaban J connectivity index is 5.84. The van der Waals surface area contributed by atoms with Crippen LogP contribution in [0.15, 0.2) is 5.10 Å². The maximum atomic E-state index is 13.3. The first-order valence-electron chi connectivity index (χ1n) is 14.6. The van der Waals surface area contributed by atoms with Gasteiger partial charge in [0.1, 0.15) is 16.8 Å². The molecule has 0 fully saturated rings. The lowest BCUT2D eigenvalue weighted by Crippen LogP contribution is -2.49. The number of alkyl carbamates (subject to hydrolysis) is 1. The maximum absolute atomic E-state index is 13.3. The van der Waals surface area contributed by atoms with Crippen molar-refractivity contribution in [1.82, 2.24) is 10.3 Å². The summed E-state index contributed by atoms with van der Waals surface area (Å²) in [6, 6.07) is -1.43. The lowest BCUT2D eigenvalue weighted by Gasteiger charge is -2.29. The fourth-order valence-corrected chi connectivity index (χ4v) is 4.15. The lowest BCUT2D eigenvalue weighted by molar-refractivity contribution is -0.149. The van der Waals surface area contributed by atoms with E-state index in [0.717, 1.165) is 19.3 Å². The summed E-state index contributed by atoms with van der Waals surface area (Å²) in [5.74, 6) is -1.61. The number of nitrogens with zero attached hydrogens (tertiary/aromatic N) is 2. The number of hydrogen-bond acceptors (Lipinski definition) is 10. The maximum Gasteiger partial charge on any atom is 0.431 e. The minimum atomic E-state index is -1.43. The van der Waals surface area contributed by atoms with E-state index < -0.39 is 52.3 Å². The number of amides is 2. The molecule has 0 heterocycles. The van der Waals surface area contributed by atoms with E-state index in [2.05, 4.69) is 17.3 Å². The highest BCUT2D eigenvalue weighted by Gasteiger charge is 2.36. The second-order valence-electron chi connectivity index (χ2n) is 12.9. The Morgan fingerprint density at radius 1 is 0.786 bits per heavy atom. The predicted octanol–water partition coefficient (Wildman–Crippen LogP) is 6.70. The van der Waals surface area contributed by atoms with Crippen LogP contribution >= 0.6 is 11.8 Å². The van der Waals surface area contributed by atoms with Gasteiger partial charge in [-0.2, -0.15) is 5.01 Å². The Hall–Kier alpha value is -2.70. The van der Waals surface area contributed by atoms with Gasteiger partial charge in [-0.25, -0.2) is 19.2 Å². The van der Waals surface area contributed by atoms with Crippen LogP contribution in [-0.4, -0.2) is 69.6 Å². The smallest absolute Gasteiger partial charge is 0.431 e. The van der Waals surface area contributed by atoms with Crippen LogP contribution in [0.1, 0.15) is 121 Å². The van der Waals surface area contributed by atoms with E-state index in [1.165, 1.54) is 25.7 Å². The minimum Gasteiger partial charge on any atom is -0.464 e. The number of nitrogens with one attached hydrogen (secondary N) is 1. The molecule has 0 aliphatic rings. The molecule has 0 rings (SSSR count). The number of carbonyl (C=O) groups excluding carboxylic acids is 4. The molecule has 12 nitrogen and oxygen atoms in total. The molecule has 1 atom stereocenters. The van der Waals surface area contributed by atoms with Crippen molar-refractivity contribution in [2.24, 2.45) is 10.8 Å². The molecule has 0 aliphatic carbocycles. The van der Waals surface area contributed by atoms with Crippen LogP contribution in [0.4, 0.5) is 14.4 Å². The molecule has 0 unspecified atom stereocenters. The zero-order chi connectivity index (χ0) is 32.6. The number of hydrazone groups is 1. The third-order valence-corrected chi connectivity index (χ3v) is 5.78. The molecule has 0 aromatic carbocycles. The first kappa shape index (κ1) is 39.3. The summed E-state index contributed by atoms with van der Waals surface area (Å²) in [6.07, 6.45) is 6.55. The second kappa shape index (κ2) is 18.8. The molecule has 2 amide bonds. The normalized spacial score (nSPS) is 13.1. The summed E-state index contributed by atoms with van der Waals surface area (Å²) in [7, 11) is 0. The fourth-order valence-electron chi connectivity index (χ4n) is 3.27. The standard InChI is InChI=1S/C29H54N4O8S/c1-11-12-13-14-15-16-17-18-19-38-22(34)21(20-42-26(37)41-29(8,9)10)33(25(36)40-28(5,6)7)32-23(30)31-24(35)39-27(2,3)4/h21H,11-20H2,1-10H3,(H3,30,31,32,35)/t21-/m0/s1. The molecule has 0 aromatic heterocycles. The SMILES string of the molecule is CCCCCCCCCCOC(=O)[C@H](CSC(=O)OC(C)(C)C)N(/N=C(/N)NC(=O)OC(C)(C)C)C(=O)OC(C)(C)C. The van der Waals surface area contributed by atoms with Gasteiger partial charge in [-0.05, 0) is 80.5 Å². The number of unbranched alkanes of at least 4 members (excludes halogenated alkanes) is 7. The molecule has 0 aromatic rings. The number of thioether (sulfide) groups is 1. The molecule has 244 valence electrons. The molecule has 0 aliphatic heterocycles. The van der Waals surface area contributed by atoms with Crippen molar-refractivity contribution < 1.29 is 38.1 Å². The summed E-state index contributed by atoms with van der Waals surface area (Å²) in [5, 5.41) is 6.21. The van der Waals surface area contributed by atoms with E-state index in [9.17, 15) is 19.2 Å². The van der Waals surface area contributed by atoms with Crippen molar-refractivity contribution in [1.29, 1.82) is 0 Å². The van der Waals surface area contributed by atoms with Gasteiger partial charge in [0, 0.05) is 5.75 Å². The molecule has 3 N–H and O–H groups in total. The summed E-state index contributed by atoms with van der Waals surface area (Å²) >= 11 is 0.676. The largest absolute Gasteiger partial charge is 0.464 e. The summed E-state index contributed by atoms with van der Waals surface area (Å²) in [6.45, 7) is 17.3. The molecule has 0 saturated carbocycles. The number of ether oxygens (including phenoxy) is 4. The van der Waals surface area contributed by atoms with Gasteiger partial charge < -0.3 is 24.7 Å². The Morgan fingerprint density at radius 2 is 1.29 bits per heavy atom. The second-order valence-corrected chi connectivity index (χ2v) is 13.8. The first-order valence-corrected chi connectivity index (χ1v) is 15.6. The van der Waals surface area contributed by atoms with Crippen molar-refractivity contribution in [3.8, 4) is 0 Å².